The van der Waals surface area contributed by atoms with E-state index in [1.807, 2.05) is 37.3 Å². The SMILES string of the molecule is CCC(=O)CCCCC[C@H](NC(=O)C1CCN(C)CC1)c1nnc(-c2ccc3ccccc3c2)o1. The number of hydrogen-bond donors (Lipinski definition) is 1. The van der Waals surface area contributed by atoms with Gasteiger partial charge in [0.15, 0.2) is 0 Å². The van der Waals surface area contributed by atoms with Gasteiger partial charge in [-0.05, 0) is 68.7 Å². The van der Waals surface area contributed by atoms with E-state index in [2.05, 4.69) is 39.6 Å². The average molecular weight is 477 g/mol. The fourth-order valence-electron chi connectivity index (χ4n) is 4.66. The second-order valence-corrected chi connectivity index (χ2v) is 9.64. The molecule has 2 aromatic carbocycles. The summed E-state index contributed by atoms with van der Waals surface area (Å²) >= 11 is 0. The first kappa shape index (κ1) is 25.0. The fraction of sp³-hybridized carbons (Fsp3) is 0.500. The van der Waals surface area contributed by atoms with Crippen LogP contribution in [0.3, 0.4) is 0 Å². The maximum Gasteiger partial charge on any atom is 0.247 e. The standard InChI is InChI=1S/C28H36N4O3/c1-3-24(33)11-5-4-6-12-25(29-26(34)21-15-17-32(2)18-16-21)28-31-30-27(35-28)23-14-13-20-9-7-8-10-22(20)19-23/h7-10,13-14,19,21,25H,3-6,11-12,15-18H2,1-2H3,(H,29,34)/t25-/m0/s1. The van der Waals surface area contributed by atoms with Crippen molar-refractivity contribution in [3.05, 3.63) is 48.4 Å². The summed E-state index contributed by atoms with van der Waals surface area (Å²) in [5, 5.41) is 14.1. The van der Waals surface area contributed by atoms with Crippen molar-refractivity contribution in [1.29, 1.82) is 0 Å². The molecule has 35 heavy (non-hydrogen) atoms. The van der Waals surface area contributed by atoms with Gasteiger partial charge in [0, 0.05) is 24.3 Å². The molecule has 1 aromatic heterocycles. The number of nitrogens with zero attached hydrogens (tertiary/aromatic N) is 3. The summed E-state index contributed by atoms with van der Waals surface area (Å²) in [6.07, 6.45) is 6.32. The van der Waals surface area contributed by atoms with Crippen LogP contribution in [0.4, 0.5) is 0 Å². The maximum atomic E-state index is 13.1. The molecule has 0 bridgehead atoms. The highest BCUT2D eigenvalue weighted by molar-refractivity contribution is 5.86. The molecule has 1 fully saturated rings. The maximum absolute atomic E-state index is 13.1. The molecule has 186 valence electrons. The first-order valence-corrected chi connectivity index (χ1v) is 12.9. The Morgan fingerprint density at radius 1 is 1.06 bits per heavy atom. The van der Waals surface area contributed by atoms with Crippen LogP contribution < -0.4 is 5.32 Å². The summed E-state index contributed by atoms with van der Waals surface area (Å²) in [5.41, 5.74) is 0.862. The zero-order valence-corrected chi connectivity index (χ0v) is 20.8. The zero-order chi connectivity index (χ0) is 24.6. The second kappa shape index (κ2) is 12.1. The van der Waals surface area contributed by atoms with E-state index in [0.29, 0.717) is 36.8 Å². The Bertz CT molecular complexity index is 1130. The summed E-state index contributed by atoms with van der Waals surface area (Å²) in [5.74, 6) is 1.28. The van der Waals surface area contributed by atoms with Crippen molar-refractivity contribution in [2.24, 2.45) is 5.92 Å². The molecule has 0 unspecified atom stereocenters. The number of rotatable bonds is 11. The first-order chi connectivity index (χ1) is 17.0. The molecule has 0 saturated carbocycles. The number of hydrogen-bond acceptors (Lipinski definition) is 6. The van der Waals surface area contributed by atoms with Gasteiger partial charge in [0.05, 0.1) is 0 Å². The molecule has 7 heteroatoms. The third-order valence-electron chi connectivity index (χ3n) is 6.98. The fourth-order valence-corrected chi connectivity index (χ4v) is 4.66. The summed E-state index contributed by atoms with van der Waals surface area (Å²) in [6.45, 7) is 3.77. The number of fused-ring (bicyclic) bond motifs is 1. The van der Waals surface area contributed by atoms with Crippen LogP contribution in [0.15, 0.2) is 46.9 Å². The summed E-state index contributed by atoms with van der Waals surface area (Å²) in [4.78, 5) is 26.9. The van der Waals surface area contributed by atoms with Crippen LogP contribution in [0.25, 0.3) is 22.2 Å². The van der Waals surface area contributed by atoms with Crippen LogP contribution in [0.2, 0.25) is 0 Å². The third kappa shape index (κ3) is 6.75. The zero-order valence-electron chi connectivity index (χ0n) is 20.8. The molecule has 3 aromatic rings. The van der Waals surface area contributed by atoms with E-state index < -0.39 is 0 Å². The largest absolute Gasteiger partial charge is 0.418 e. The molecule has 1 amide bonds. The van der Waals surface area contributed by atoms with Crippen LogP contribution in [-0.2, 0) is 9.59 Å². The van der Waals surface area contributed by atoms with Gasteiger partial charge in [0.1, 0.15) is 11.8 Å². The van der Waals surface area contributed by atoms with Gasteiger partial charge in [-0.3, -0.25) is 9.59 Å². The predicted octanol–water partition coefficient (Wildman–Crippen LogP) is 5.32. The van der Waals surface area contributed by atoms with Gasteiger partial charge in [0.2, 0.25) is 17.7 Å². The third-order valence-corrected chi connectivity index (χ3v) is 6.98. The second-order valence-electron chi connectivity index (χ2n) is 9.64. The Labute approximate surface area is 207 Å². The number of piperidine rings is 1. The molecular weight excluding hydrogens is 440 g/mol. The minimum Gasteiger partial charge on any atom is -0.418 e. The number of ketones is 1. The van der Waals surface area contributed by atoms with Crippen molar-refractivity contribution in [2.75, 3.05) is 20.1 Å². The molecule has 0 spiro atoms. The van der Waals surface area contributed by atoms with Gasteiger partial charge in [-0.25, -0.2) is 0 Å². The van der Waals surface area contributed by atoms with Crippen molar-refractivity contribution in [2.45, 2.75) is 64.3 Å². The molecule has 1 N–H and O–H groups in total. The Morgan fingerprint density at radius 2 is 1.83 bits per heavy atom. The van der Waals surface area contributed by atoms with E-state index in [9.17, 15) is 9.59 Å². The summed E-state index contributed by atoms with van der Waals surface area (Å²) in [6, 6.07) is 13.9. The average Bonchev–Trinajstić information content (AvgIpc) is 3.38. The summed E-state index contributed by atoms with van der Waals surface area (Å²) in [7, 11) is 2.09. The molecule has 7 nitrogen and oxygen atoms in total. The topological polar surface area (TPSA) is 88.3 Å². The predicted molar refractivity (Wildman–Crippen MR) is 137 cm³/mol. The number of amides is 1. The van der Waals surface area contributed by atoms with Gasteiger partial charge in [-0.1, -0.05) is 50.1 Å². The lowest BCUT2D eigenvalue weighted by Gasteiger charge is -2.29. The highest BCUT2D eigenvalue weighted by atomic mass is 16.4. The van der Waals surface area contributed by atoms with Crippen LogP contribution >= 0.6 is 0 Å². The van der Waals surface area contributed by atoms with E-state index in [1.54, 1.807) is 0 Å². The highest BCUT2D eigenvalue weighted by Crippen LogP contribution is 2.27. The highest BCUT2D eigenvalue weighted by Gasteiger charge is 2.28. The van der Waals surface area contributed by atoms with E-state index in [1.165, 1.54) is 0 Å². The van der Waals surface area contributed by atoms with Crippen molar-refractivity contribution in [1.82, 2.24) is 20.4 Å². The van der Waals surface area contributed by atoms with E-state index >= 15 is 0 Å². The van der Waals surface area contributed by atoms with Crippen LogP contribution in [0.1, 0.15) is 70.2 Å². The van der Waals surface area contributed by atoms with Crippen molar-refractivity contribution in [3.63, 3.8) is 0 Å². The smallest absolute Gasteiger partial charge is 0.247 e. The molecule has 1 aliphatic heterocycles. The Balaban J connectivity index is 1.45. The lowest BCUT2D eigenvalue weighted by Crippen LogP contribution is -2.40. The number of benzene rings is 2. The molecule has 1 saturated heterocycles. The van der Waals surface area contributed by atoms with Crippen LogP contribution in [0.5, 0.6) is 0 Å². The number of Topliss-reactive ketones (excluding diaryl/α,β-unsaturated/α-hetero) is 1. The number of carbonyl (C=O) groups excluding carboxylic acids is 2. The van der Waals surface area contributed by atoms with Gasteiger partial charge < -0.3 is 14.6 Å². The number of unbranched alkanes of at least 4 members (excludes halogenated alkanes) is 2. The molecule has 2 heterocycles. The van der Waals surface area contributed by atoms with Crippen molar-refractivity contribution >= 4 is 22.5 Å². The Morgan fingerprint density at radius 3 is 2.60 bits per heavy atom. The van der Waals surface area contributed by atoms with E-state index in [0.717, 1.165) is 61.5 Å². The Kier molecular flexibility index (Phi) is 8.64. The molecule has 0 radical (unpaired) electrons. The minimum absolute atomic E-state index is 0.0127. The Hall–Kier alpha value is -3.06. The number of likely N-dealkylation sites (tertiary alicyclic amines) is 1. The normalized spacial score (nSPS) is 15.8. The number of carbonyl (C=O) groups is 2. The molecule has 1 atom stereocenters. The lowest BCUT2D eigenvalue weighted by molar-refractivity contribution is -0.127. The van der Waals surface area contributed by atoms with Crippen LogP contribution in [-0.4, -0.2) is 46.9 Å². The number of aromatic nitrogens is 2. The number of nitrogens with one attached hydrogen (secondary N) is 1. The first-order valence-electron chi connectivity index (χ1n) is 12.9. The van der Waals surface area contributed by atoms with E-state index in [4.69, 9.17) is 4.42 Å². The van der Waals surface area contributed by atoms with Gasteiger partial charge in [0.25, 0.3) is 0 Å². The molecule has 4 rings (SSSR count). The molecule has 1 aliphatic rings. The van der Waals surface area contributed by atoms with Crippen molar-refractivity contribution < 1.29 is 14.0 Å². The molecule has 0 aliphatic carbocycles. The van der Waals surface area contributed by atoms with Crippen molar-refractivity contribution in [3.8, 4) is 11.5 Å². The lowest BCUT2D eigenvalue weighted by atomic mass is 9.95. The van der Waals surface area contributed by atoms with E-state index in [-0.39, 0.29) is 17.9 Å². The molecular formula is C28H36N4O3. The summed E-state index contributed by atoms with van der Waals surface area (Å²) < 4.78 is 6.10. The van der Waals surface area contributed by atoms with Crippen LogP contribution in [0, 0.1) is 5.92 Å². The quantitative estimate of drug-likeness (QED) is 0.377. The monoisotopic (exact) mass is 476 g/mol. The van der Waals surface area contributed by atoms with Gasteiger partial charge >= 0.3 is 0 Å². The van der Waals surface area contributed by atoms with Gasteiger partial charge in [-0.2, -0.15) is 0 Å². The van der Waals surface area contributed by atoms with Gasteiger partial charge in [-0.15, -0.1) is 10.2 Å². The minimum atomic E-state index is -0.328.